The van der Waals surface area contributed by atoms with Crippen molar-refractivity contribution in [2.24, 2.45) is 5.92 Å². The molecule has 92 valence electrons. The lowest BCUT2D eigenvalue weighted by Crippen LogP contribution is -1.94. The second-order valence-electron chi connectivity index (χ2n) is 4.12. The van der Waals surface area contributed by atoms with Gasteiger partial charge in [-0.2, -0.15) is 0 Å². The minimum absolute atomic E-state index is 0.274. The van der Waals surface area contributed by atoms with Crippen LogP contribution in [0.2, 0.25) is 0 Å². The number of methoxy groups -OCH3 is 1. The van der Waals surface area contributed by atoms with Crippen molar-refractivity contribution < 1.29 is 14.3 Å². The topological polar surface area (TPSA) is 43.4 Å². The van der Waals surface area contributed by atoms with E-state index in [4.69, 9.17) is 0 Å². The average Bonchev–Trinajstić information content (AvgIpc) is 3.15. The highest BCUT2D eigenvalue weighted by Crippen LogP contribution is 2.30. The van der Waals surface area contributed by atoms with Crippen LogP contribution in [0.15, 0.2) is 12.2 Å². The lowest BCUT2D eigenvalue weighted by molar-refractivity contribution is -0.133. The van der Waals surface area contributed by atoms with Crippen LogP contribution < -0.4 is 0 Å². The predicted octanol–water partition coefficient (Wildman–Crippen LogP) is 2.26. The SMILES string of the molecule is COC(=O)C#CCCCC/C=C/C(=O)C1CC1. The largest absolute Gasteiger partial charge is 0.459 e. The molecule has 0 radical (unpaired) electrons. The van der Waals surface area contributed by atoms with Gasteiger partial charge >= 0.3 is 5.97 Å². The second kappa shape index (κ2) is 7.67. The van der Waals surface area contributed by atoms with Gasteiger partial charge in [0.25, 0.3) is 0 Å². The molecule has 1 aliphatic carbocycles. The molecule has 0 N–H and O–H groups in total. The van der Waals surface area contributed by atoms with Crippen LogP contribution in [-0.4, -0.2) is 18.9 Å². The Morgan fingerprint density at radius 3 is 2.76 bits per heavy atom. The Kier molecular flexibility index (Phi) is 6.09. The molecule has 0 spiro atoms. The number of carbonyl (C=O) groups excluding carboxylic acids is 2. The molecule has 0 atom stereocenters. The lowest BCUT2D eigenvalue weighted by atomic mass is 10.1. The van der Waals surface area contributed by atoms with Crippen LogP contribution in [-0.2, 0) is 14.3 Å². The zero-order chi connectivity index (χ0) is 12.5. The standard InChI is InChI=1S/C14H18O3/c1-17-14(16)9-7-5-3-2-4-6-8-13(15)12-10-11-12/h6,8,12H,2-5,10-11H2,1H3/b8-6+. The molecule has 0 heterocycles. The van der Waals surface area contributed by atoms with E-state index in [1.54, 1.807) is 6.08 Å². The van der Waals surface area contributed by atoms with Crippen LogP contribution >= 0.6 is 0 Å². The summed E-state index contributed by atoms with van der Waals surface area (Å²) in [6, 6.07) is 0. The van der Waals surface area contributed by atoms with Gasteiger partial charge < -0.3 is 4.74 Å². The molecule has 0 aliphatic heterocycles. The van der Waals surface area contributed by atoms with Crippen molar-refractivity contribution in [3.8, 4) is 11.8 Å². The van der Waals surface area contributed by atoms with E-state index in [9.17, 15) is 9.59 Å². The molecule has 0 aromatic rings. The molecule has 1 saturated carbocycles. The molecule has 0 bridgehead atoms. The minimum Gasteiger partial charge on any atom is -0.459 e. The summed E-state index contributed by atoms with van der Waals surface area (Å²) in [4.78, 5) is 21.9. The normalized spacial score (nSPS) is 14.2. The maximum Gasteiger partial charge on any atom is 0.384 e. The summed E-state index contributed by atoms with van der Waals surface area (Å²) in [6.07, 6.45) is 9.29. The average molecular weight is 234 g/mol. The molecule has 1 fully saturated rings. The number of hydrogen-bond donors (Lipinski definition) is 0. The molecule has 0 aromatic heterocycles. The fourth-order valence-corrected chi connectivity index (χ4v) is 1.36. The van der Waals surface area contributed by atoms with Gasteiger partial charge in [0.1, 0.15) is 0 Å². The third-order valence-electron chi connectivity index (χ3n) is 2.56. The maximum absolute atomic E-state index is 11.3. The molecular formula is C14H18O3. The third-order valence-corrected chi connectivity index (χ3v) is 2.56. The zero-order valence-electron chi connectivity index (χ0n) is 10.2. The molecule has 0 saturated heterocycles. The van der Waals surface area contributed by atoms with Crippen molar-refractivity contribution in [2.75, 3.05) is 7.11 Å². The van der Waals surface area contributed by atoms with Gasteiger partial charge in [-0.25, -0.2) is 4.79 Å². The first-order chi connectivity index (χ1) is 8.24. The van der Waals surface area contributed by atoms with Crippen LogP contribution in [0.25, 0.3) is 0 Å². The number of carbonyl (C=O) groups is 2. The summed E-state index contributed by atoms with van der Waals surface area (Å²) in [5.41, 5.74) is 0. The third kappa shape index (κ3) is 6.57. The van der Waals surface area contributed by atoms with Gasteiger partial charge in [-0.3, -0.25) is 4.79 Å². The van der Waals surface area contributed by atoms with E-state index in [0.29, 0.717) is 12.3 Å². The molecule has 17 heavy (non-hydrogen) atoms. The monoisotopic (exact) mass is 234 g/mol. The number of rotatable bonds is 6. The maximum atomic E-state index is 11.3. The number of esters is 1. The van der Waals surface area contributed by atoms with Crippen molar-refractivity contribution in [3.63, 3.8) is 0 Å². The summed E-state index contributed by atoms with van der Waals surface area (Å²) in [5.74, 6) is 5.23. The molecule has 0 aromatic carbocycles. The van der Waals surface area contributed by atoms with Crippen molar-refractivity contribution in [2.45, 2.75) is 38.5 Å². The van der Waals surface area contributed by atoms with Gasteiger partial charge in [-0.15, -0.1) is 0 Å². The summed E-state index contributed by atoms with van der Waals surface area (Å²) < 4.78 is 4.39. The van der Waals surface area contributed by atoms with E-state index in [1.807, 2.05) is 6.08 Å². The Morgan fingerprint density at radius 2 is 2.12 bits per heavy atom. The Labute approximate surface area is 102 Å². The highest BCUT2D eigenvalue weighted by Gasteiger charge is 2.27. The minimum atomic E-state index is -0.486. The molecular weight excluding hydrogens is 216 g/mol. The van der Waals surface area contributed by atoms with Gasteiger partial charge in [0, 0.05) is 18.3 Å². The Bertz CT molecular complexity index is 353. The van der Waals surface area contributed by atoms with Gasteiger partial charge in [-0.1, -0.05) is 12.0 Å². The van der Waals surface area contributed by atoms with Gasteiger partial charge in [0.15, 0.2) is 5.78 Å². The quantitative estimate of drug-likeness (QED) is 0.233. The van der Waals surface area contributed by atoms with E-state index in [0.717, 1.165) is 32.1 Å². The number of hydrogen-bond acceptors (Lipinski definition) is 3. The Balaban J connectivity index is 1.98. The number of unbranched alkanes of at least 4 members (excludes halogenated alkanes) is 3. The van der Waals surface area contributed by atoms with Gasteiger partial charge in [0.2, 0.25) is 0 Å². The van der Waals surface area contributed by atoms with Crippen molar-refractivity contribution in [1.29, 1.82) is 0 Å². The first kappa shape index (κ1) is 13.5. The van der Waals surface area contributed by atoms with Crippen molar-refractivity contribution in [3.05, 3.63) is 12.2 Å². The lowest BCUT2D eigenvalue weighted by Gasteiger charge is -1.91. The molecule has 3 nitrogen and oxygen atoms in total. The summed E-state index contributed by atoms with van der Waals surface area (Å²) in [6.45, 7) is 0. The molecule has 1 rings (SSSR count). The fraction of sp³-hybridized carbons (Fsp3) is 0.571. The summed E-state index contributed by atoms with van der Waals surface area (Å²) >= 11 is 0. The zero-order valence-corrected chi connectivity index (χ0v) is 10.2. The van der Waals surface area contributed by atoms with E-state index in [1.165, 1.54) is 7.11 Å². The predicted molar refractivity (Wildman–Crippen MR) is 65.1 cm³/mol. The molecule has 3 heteroatoms. The van der Waals surface area contributed by atoms with Gasteiger partial charge in [0.05, 0.1) is 7.11 Å². The number of ketones is 1. The van der Waals surface area contributed by atoms with Gasteiger partial charge in [-0.05, 0) is 38.2 Å². The molecule has 0 amide bonds. The van der Waals surface area contributed by atoms with Crippen LogP contribution in [0.1, 0.15) is 38.5 Å². The molecule has 1 aliphatic rings. The van der Waals surface area contributed by atoms with Crippen LogP contribution in [0.4, 0.5) is 0 Å². The number of allylic oxidation sites excluding steroid dienone is 2. The van der Waals surface area contributed by atoms with E-state index < -0.39 is 5.97 Å². The van der Waals surface area contributed by atoms with Crippen molar-refractivity contribution >= 4 is 11.8 Å². The van der Waals surface area contributed by atoms with Crippen LogP contribution in [0.3, 0.4) is 0 Å². The summed E-state index contributed by atoms with van der Waals surface area (Å²) in [5, 5.41) is 0. The number of ether oxygens (including phenoxy) is 1. The van der Waals surface area contributed by atoms with E-state index in [-0.39, 0.29) is 5.78 Å². The van der Waals surface area contributed by atoms with E-state index in [2.05, 4.69) is 16.6 Å². The highest BCUT2D eigenvalue weighted by atomic mass is 16.5. The van der Waals surface area contributed by atoms with Crippen molar-refractivity contribution in [1.82, 2.24) is 0 Å². The van der Waals surface area contributed by atoms with Crippen LogP contribution in [0, 0.1) is 17.8 Å². The summed E-state index contributed by atoms with van der Waals surface area (Å²) in [7, 11) is 1.32. The highest BCUT2D eigenvalue weighted by molar-refractivity contribution is 5.93. The first-order valence-corrected chi connectivity index (χ1v) is 6.01. The van der Waals surface area contributed by atoms with Crippen LogP contribution in [0.5, 0.6) is 0 Å². The Morgan fingerprint density at radius 1 is 1.35 bits per heavy atom. The Hall–Kier alpha value is -1.56. The first-order valence-electron chi connectivity index (χ1n) is 6.01. The van der Waals surface area contributed by atoms with E-state index >= 15 is 0 Å². The fourth-order valence-electron chi connectivity index (χ4n) is 1.36. The second-order valence-corrected chi connectivity index (χ2v) is 4.12. The molecule has 0 unspecified atom stereocenters. The smallest absolute Gasteiger partial charge is 0.384 e.